The van der Waals surface area contributed by atoms with Crippen LogP contribution in [0.2, 0.25) is 0 Å². The van der Waals surface area contributed by atoms with Crippen LogP contribution >= 0.6 is 0 Å². The molecule has 0 saturated heterocycles. The first kappa shape index (κ1) is 23.8. The molecule has 0 bridgehead atoms. The Bertz CT molecular complexity index is 2520. The van der Waals surface area contributed by atoms with Gasteiger partial charge in [0.1, 0.15) is 11.2 Å². The Hall–Kier alpha value is -5.87. The smallest absolute Gasteiger partial charge is 0.164 e. The predicted molar refractivity (Wildman–Crippen MR) is 176 cm³/mol. The maximum atomic E-state index is 6.27. The molecule has 0 radical (unpaired) electrons. The summed E-state index contributed by atoms with van der Waals surface area (Å²) in [4.78, 5) is 15.3. The standard InChI is InChI=1S/C39H23N3O/c1-2-11-26-21-28(20-19-24(26)9-1)37-40-38(31-16-7-12-25-10-3-4-14-29(25)31)42-39(41-37)32-17-8-13-27-22-34-30-15-5-6-18-35(30)43-36(34)23-33(27)32/h1-23H. The summed E-state index contributed by atoms with van der Waals surface area (Å²) in [6.07, 6.45) is 0. The highest BCUT2D eigenvalue weighted by Gasteiger charge is 2.17. The van der Waals surface area contributed by atoms with E-state index in [-0.39, 0.29) is 0 Å². The minimum atomic E-state index is 0.627. The fourth-order valence-electron chi connectivity index (χ4n) is 6.19. The lowest BCUT2D eigenvalue weighted by atomic mass is 10.0. The molecule has 2 aromatic heterocycles. The molecule has 0 unspecified atom stereocenters. The van der Waals surface area contributed by atoms with Crippen molar-refractivity contribution >= 4 is 54.3 Å². The molecule has 0 amide bonds. The van der Waals surface area contributed by atoms with E-state index in [9.17, 15) is 0 Å². The van der Waals surface area contributed by atoms with Crippen molar-refractivity contribution in [2.75, 3.05) is 0 Å². The van der Waals surface area contributed by atoms with Gasteiger partial charge < -0.3 is 4.42 Å². The van der Waals surface area contributed by atoms with Crippen molar-refractivity contribution in [1.82, 2.24) is 15.0 Å². The molecule has 0 spiro atoms. The average molecular weight is 550 g/mol. The first-order chi connectivity index (χ1) is 21.3. The average Bonchev–Trinajstić information content (AvgIpc) is 3.43. The molecule has 0 aliphatic rings. The van der Waals surface area contributed by atoms with Gasteiger partial charge in [-0.1, -0.05) is 115 Å². The third-order valence-electron chi connectivity index (χ3n) is 8.29. The minimum Gasteiger partial charge on any atom is -0.456 e. The molecular formula is C39H23N3O. The molecule has 0 aliphatic carbocycles. The van der Waals surface area contributed by atoms with E-state index in [0.29, 0.717) is 17.5 Å². The van der Waals surface area contributed by atoms with Gasteiger partial charge in [0.05, 0.1) is 0 Å². The summed E-state index contributed by atoms with van der Waals surface area (Å²) in [7, 11) is 0. The molecule has 0 atom stereocenters. The maximum Gasteiger partial charge on any atom is 0.164 e. The van der Waals surface area contributed by atoms with E-state index < -0.39 is 0 Å². The van der Waals surface area contributed by atoms with Crippen molar-refractivity contribution in [3.05, 3.63) is 140 Å². The number of para-hydroxylation sites is 1. The van der Waals surface area contributed by atoms with Gasteiger partial charge in [-0.15, -0.1) is 0 Å². The topological polar surface area (TPSA) is 51.8 Å². The molecule has 0 N–H and O–H groups in total. The maximum absolute atomic E-state index is 6.27. The lowest BCUT2D eigenvalue weighted by Gasteiger charge is -2.12. The summed E-state index contributed by atoms with van der Waals surface area (Å²) in [5.74, 6) is 1.91. The van der Waals surface area contributed by atoms with E-state index in [1.807, 2.05) is 18.2 Å². The summed E-state index contributed by atoms with van der Waals surface area (Å²) in [5, 5.41) is 8.93. The highest BCUT2D eigenvalue weighted by molar-refractivity contribution is 6.12. The van der Waals surface area contributed by atoms with E-state index in [1.165, 1.54) is 5.39 Å². The molecular weight excluding hydrogens is 526 g/mol. The summed E-state index contributed by atoms with van der Waals surface area (Å²) in [6.45, 7) is 0. The summed E-state index contributed by atoms with van der Waals surface area (Å²) < 4.78 is 6.27. The normalized spacial score (nSPS) is 11.7. The van der Waals surface area contributed by atoms with Gasteiger partial charge in [-0.2, -0.15) is 0 Å². The number of aromatic nitrogens is 3. The minimum absolute atomic E-state index is 0.627. The zero-order valence-electron chi connectivity index (χ0n) is 23.0. The fraction of sp³-hybridized carbons (Fsp3) is 0. The Morgan fingerprint density at radius 3 is 1.81 bits per heavy atom. The zero-order valence-corrected chi connectivity index (χ0v) is 23.0. The van der Waals surface area contributed by atoms with E-state index in [1.54, 1.807) is 0 Å². The Labute approximate surface area is 246 Å². The number of hydrogen-bond donors (Lipinski definition) is 0. The third kappa shape index (κ3) is 3.88. The number of furan rings is 1. The van der Waals surface area contributed by atoms with Crippen molar-refractivity contribution in [3.8, 4) is 34.2 Å². The van der Waals surface area contributed by atoms with Crippen LogP contribution in [-0.4, -0.2) is 15.0 Å². The van der Waals surface area contributed by atoms with Crippen LogP contribution in [0.4, 0.5) is 0 Å². The van der Waals surface area contributed by atoms with Crippen molar-refractivity contribution < 1.29 is 4.42 Å². The molecule has 0 saturated carbocycles. The zero-order chi connectivity index (χ0) is 28.3. The van der Waals surface area contributed by atoms with Crippen LogP contribution in [0.1, 0.15) is 0 Å². The SMILES string of the molecule is c1ccc2cc(-c3nc(-c4cccc5ccccc45)nc(-c4cccc5cc6c(cc45)oc4ccccc46)n3)ccc2c1. The third-order valence-corrected chi connectivity index (χ3v) is 8.29. The molecule has 4 nitrogen and oxygen atoms in total. The summed E-state index contributed by atoms with van der Waals surface area (Å²) in [6, 6.07) is 48.2. The van der Waals surface area contributed by atoms with Crippen LogP contribution < -0.4 is 0 Å². The van der Waals surface area contributed by atoms with Crippen molar-refractivity contribution in [1.29, 1.82) is 0 Å². The van der Waals surface area contributed by atoms with Crippen molar-refractivity contribution in [3.63, 3.8) is 0 Å². The monoisotopic (exact) mass is 549 g/mol. The van der Waals surface area contributed by atoms with Gasteiger partial charge in [0.25, 0.3) is 0 Å². The van der Waals surface area contributed by atoms with E-state index in [2.05, 4.69) is 121 Å². The predicted octanol–water partition coefficient (Wildman–Crippen LogP) is 10.2. The number of fused-ring (bicyclic) bond motifs is 6. The van der Waals surface area contributed by atoms with Crippen LogP contribution in [0.25, 0.3) is 88.4 Å². The van der Waals surface area contributed by atoms with Crippen LogP contribution in [0.15, 0.2) is 144 Å². The first-order valence-corrected chi connectivity index (χ1v) is 14.4. The molecule has 200 valence electrons. The number of rotatable bonds is 3. The molecule has 9 rings (SSSR count). The molecule has 2 heterocycles. The van der Waals surface area contributed by atoms with Gasteiger partial charge in [0.15, 0.2) is 17.5 Å². The Morgan fingerprint density at radius 1 is 0.349 bits per heavy atom. The molecule has 0 aliphatic heterocycles. The Balaban J connectivity index is 1.32. The lowest BCUT2D eigenvalue weighted by molar-refractivity contribution is 0.669. The van der Waals surface area contributed by atoms with E-state index in [4.69, 9.17) is 19.4 Å². The van der Waals surface area contributed by atoms with Crippen LogP contribution in [-0.2, 0) is 0 Å². The van der Waals surface area contributed by atoms with Gasteiger partial charge in [-0.3, -0.25) is 0 Å². The van der Waals surface area contributed by atoms with Gasteiger partial charge >= 0.3 is 0 Å². The van der Waals surface area contributed by atoms with E-state index in [0.717, 1.165) is 65.6 Å². The van der Waals surface area contributed by atoms with E-state index >= 15 is 0 Å². The number of hydrogen-bond acceptors (Lipinski definition) is 4. The lowest BCUT2D eigenvalue weighted by Crippen LogP contribution is -2.01. The van der Waals surface area contributed by atoms with Gasteiger partial charge in [0.2, 0.25) is 0 Å². The number of nitrogens with zero attached hydrogens (tertiary/aromatic N) is 3. The quantitative estimate of drug-likeness (QED) is 0.220. The second-order valence-corrected chi connectivity index (χ2v) is 10.9. The van der Waals surface area contributed by atoms with Crippen LogP contribution in [0.3, 0.4) is 0 Å². The van der Waals surface area contributed by atoms with Crippen molar-refractivity contribution in [2.24, 2.45) is 0 Å². The largest absolute Gasteiger partial charge is 0.456 e. The molecule has 43 heavy (non-hydrogen) atoms. The highest BCUT2D eigenvalue weighted by atomic mass is 16.3. The Morgan fingerprint density at radius 2 is 0.977 bits per heavy atom. The summed E-state index contributed by atoms with van der Waals surface area (Å²) >= 11 is 0. The second kappa shape index (κ2) is 9.33. The first-order valence-electron chi connectivity index (χ1n) is 14.4. The van der Waals surface area contributed by atoms with Gasteiger partial charge in [-0.25, -0.2) is 15.0 Å². The van der Waals surface area contributed by atoms with Gasteiger partial charge in [-0.05, 0) is 56.6 Å². The Kier molecular flexibility index (Phi) is 5.16. The molecule has 9 aromatic rings. The fourth-order valence-corrected chi connectivity index (χ4v) is 6.19. The van der Waals surface area contributed by atoms with Crippen LogP contribution in [0.5, 0.6) is 0 Å². The highest BCUT2D eigenvalue weighted by Crippen LogP contribution is 2.37. The molecule has 4 heteroatoms. The molecule has 0 fully saturated rings. The van der Waals surface area contributed by atoms with Gasteiger partial charge in [0, 0.05) is 27.5 Å². The summed E-state index contributed by atoms with van der Waals surface area (Å²) in [5.41, 5.74) is 4.59. The number of benzene rings is 7. The second-order valence-electron chi connectivity index (χ2n) is 10.9. The molecule has 7 aromatic carbocycles. The van der Waals surface area contributed by atoms with Crippen LogP contribution in [0, 0.1) is 0 Å². The van der Waals surface area contributed by atoms with Crippen molar-refractivity contribution in [2.45, 2.75) is 0 Å².